The number of aliphatic hydroxyl groups excluding tert-OH is 1. The predicted octanol–water partition coefficient (Wildman–Crippen LogP) is -0.100. The Bertz CT molecular complexity index is 359. The van der Waals surface area contributed by atoms with Crippen LogP contribution in [0.3, 0.4) is 0 Å². The van der Waals surface area contributed by atoms with E-state index in [0.29, 0.717) is 4.31 Å². The second-order valence-electron chi connectivity index (χ2n) is 4.55. The van der Waals surface area contributed by atoms with Crippen molar-refractivity contribution in [1.82, 2.24) is 8.61 Å². The zero-order valence-corrected chi connectivity index (χ0v) is 11.8. The highest BCUT2D eigenvalue weighted by Gasteiger charge is 2.36. The number of halogens is 2. The molecular weight excluding hydrogens is 282 g/mol. The van der Waals surface area contributed by atoms with Gasteiger partial charge in [0.2, 0.25) is 0 Å². The minimum absolute atomic E-state index is 0.123. The zero-order chi connectivity index (χ0) is 14.6. The fourth-order valence-corrected chi connectivity index (χ4v) is 3.79. The van der Waals surface area contributed by atoms with Crippen LogP contribution in [-0.2, 0) is 14.9 Å². The van der Waals surface area contributed by atoms with Crippen molar-refractivity contribution in [2.45, 2.75) is 32.5 Å². The Hall–Kier alpha value is -0.350. The summed E-state index contributed by atoms with van der Waals surface area (Å²) in [7, 11) is -4.00. The molecule has 0 saturated carbocycles. The van der Waals surface area contributed by atoms with Crippen molar-refractivity contribution in [2.75, 3.05) is 32.8 Å². The Balaban J connectivity index is 2.85. The molecule has 1 fully saturated rings. The Kier molecular flexibility index (Phi) is 6.06. The summed E-state index contributed by atoms with van der Waals surface area (Å²) in [5.74, 6) is 0. The summed E-state index contributed by atoms with van der Waals surface area (Å²) in [6.07, 6.45) is -3.36. The molecule has 6 nitrogen and oxygen atoms in total. The van der Waals surface area contributed by atoms with Crippen molar-refractivity contribution in [3.8, 4) is 0 Å². The molecule has 0 aromatic carbocycles. The van der Waals surface area contributed by atoms with Crippen LogP contribution < -0.4 is 0 Å². The number of hydrogen-bond acceptors (Lipinski definition) is 4. The minimum Gasteiger partial charge on any atom is -0.395 e. The molecule has 0 radical (unpaired) electrons. The first-order chi connectivity index (χ1) is 8.77. The molecule has 0 spiro atoms. The van der Waals surface area contributed by atoms with E-state index < -0.39 is 29.8 Å². The number of rotatable bonds is 6. The van der Waals surface area contributed by atoms with E-state index in [2.05, 4.69) is 0 Å². The Morgan fingerprint density at radius 2 is 1.89 bits per heavy atom. The fraction of sp³-hybridized carbons (Fsp3) is 1.00. The summed E-state index contributed by atoms with van der Waals surface area (Å²) in [6, 6.07) is 0. The van der Waals surface area contributed by atoms with Crippen molar-refractivity contribution in [2.24, 2.45) is 0 Å². The quantitative estimate of drug-likeness (QED) is 0.744. The van der Waals surface area contributed by atoms with Gasteiger partial charge in [0.1, 0.15) is 0 Å². The highest BCUT2D eigenvalue weighted by molar-refractivity contribution is 7.86. The molecule has 114 valence electrons. The SMILES string of the molecule is CC1CN(S(=O)(=O)N(CCO)CC(F)F)CC(C)O1. The molecule has 1 aliphatic rings. The number of nitrogens with zero attached hydrogens (tertiary/aromatic N) is 2. The normalized spacial score (nSPS) is 26.3. The molecular formula is C10H20F2N2O4S. The van der Waals surface area contributed by atoms with Crippen LogP contribution in [0, 0.1) is 0 Å². The van der Waals surface area contributed by atoms with Gasteiger partial charge in [-0.1, -0.05) is 0 Å². The molecule has 1 heterocycles. The zero-order valence-electron chi connectivity index (χ0n) is 11.0. The Labute approximate surface area is 112 Å². The van der Waals surface area contributed by atoms with Gasteiger partial charge in [-0.2, -0.15) is 17.0 Å². The largest absolute Gasteiger partial charge is 0.395 e. The summed E-state index contributed by atoms with van der Waals surface area (Å²) >= 11 is 0. The maximum atomic E-state index is 12.4. The molecule has 0 aromatic heterocycles. The van der Waals surface area contributed by atoms with Gasteiger partial charge < -0.3 is 9.84 Å². The highest BCUT2D eigenvalue weighted by atomic mass is 32.2. The molecule has 1 aliphatic heterocycles. The molecule has 1 N–H and O–H groups in total. The third-order valence-corrected chi connectivity index (χ3v) is 4.66. The first-order valence-corrected chi connectivity index (χ1v) is 7.46. The molecule has 1 saturated heterocycles. The van der Waals surface area contributed by atoms with E-state index in [9.17, 15) is 17.2 Å². The first kappa shape index (κ1) is 16.7. The monoisotopic (exact) mass is 302 g/mol. The van der Waals surface area contributed by atoms with Crippen LogP contribution in [0.25, 0.3) is 0 Å². The van der Waals surface area contributed by atoms with Crippen molar-refractivity contribution in [3.05, 3.63) is 0 Å². The molecule has 19 heavy (non-hydrogen) atoms. The van der Waals surface area contributed by atoms with Gasteiger partial charge in [0.05, 0.1) is 25.4 Å². The molecule has 9 heteroatoms. The third kappa shape index (κ3) is 4.60. The molecule has 0 bridgehead atoms. The molecule has 0 amide bonds. The lowest BCUT2D eigenvalue weighted by Crippen LogP contribution is -2.54. The van der Waals surface area contributed by atoms with Crippen LogP contribution in [0.1, 0.15) is 13.8 Å². The van der Waals surface area contributed by atoms with E-state index >= 15 is 0 Å². The van der Waals surface area contributed by atoms with E-state index in [4.69, 9.17) is 9.84 Å². The molecule has 1 rings (SSSR count). The number of morpholine rings is 1. The van der Waals surface area contributed by atoms with Gasteiger partial charge in [0.25, 0.3) is 16.6 Å². The van der Waals surface area contributed by atoms with E-state index in [-0.39, 0.29) is 31.8 Å². The van der Waals surface area contributed by atoms with Crippen molar-refractivity contribution in [3.63, 3.8) is 0 Å². The summed E-state index contributed by atoms with van der Waals surface area (Å²) in [6.45, 7) is 1.94. The van der Waals surface area contributed by atoms with Crippen LogP contribution in [0.15, 0.2) is 0 Å². The third-order valence-electron chi connectivity index (χ3n) is 2.73. The highest BCUT2D eigenvalue weighted by Crippen LogP contribution is 2.18. The van der Waals surface area contributed by atoms with Crippen molar-refractivity contribution < 1.29 is 27.0 Å². The second kappa shape index (κ2) is 6.89. The summed E-state index contributed by atoms with van der Waals surface area (Å²) in [5.41, 5.74) is 0. The van der Waals surface area contributed by atoms with E-state index in [1.807, 2.05) is 0 Å². The summed E-state index contributed by atoms with van der Waals surface area (Å²) in [4.78, 5) is 0. The molecule has 0 aliphatic carbocycles. The van der Waals surface area contributed by atoms with Gasteiger partial charge in [0, 0.05) is 19.6 Å². The van der Waals surface area contributed by atoms with Crippen LogP contribution >= 0.6 is 0 Å². The van der Waals surface area contributed by atoms with Gasteiger partial charge in [-0.15, -0.1) is 0 Å². The first-order valence-electron chi connectivity index (χ1n) is 6.07. The number of alkyl halides is 2. The second-order valence-corrected chi connectivity index (χ2v) is 6.48. The van der Waals surface area contributed by atoms with Crippen LogP contribution in [0.4, 0.5) is 8.78 Å². The summed E-state index contributed by atoms with van der Waals surface area (Å²) < 4.78 is 56.5. The Morgan fingerprint density at radius 3 is 2.32 bits per heavy atom. The van der Waals surface area contributed by atoms with Crippen molar-refractivity contribution in [1.29, 1.82) is 0 Å². The van der Waals surface area contributed by atoms with Gasteiger partial charge >= 0.3 is 0 Å². The van der Waals surface area contributed by atoms with Crippen LogP contribution in [-0.4, -0.2) is 73.6 Å². The van der Waals surface area contributed by atoms with Gasteiger partial charge in [-0.25, -0.2) is 8.78 Å². The minimum atomic E-state index is -4.00. The van der Waals surface area contributed by atoms with Crippen LogP contribution in [0.2, 0.25) is 0 Å². The average Bonchev–Trinajstić information content (AvgIpc) is 2.26. The lowest BCUT2D eigenvalue weighted by molar-refractivity contribution is -0.0459. The maximum absolute atomic E-state index is 12.4. The average molecular weight is 302 g/mol. The van der Waals surface area contributed by atoms with Crippen LogP contribution in [0.5, 0.6) is 0 Å². The smallest absolute Gasteiger partial charge is 0.282 e. The van der Waals surface area contributed by atoms with E-state index in [1.165, 1.54) is 0 Å². The number of hydrogen-bond donors (Lipinski definition) is 1. The standard InChI is InChI=1S/C10H20F2N2O4S/c1-8-5-14(6-9(2)18-8)19(16,17)13(3-4-15)7-10(11)12/h8-10,15H,3-7H2,1-2H3. The van der Waals surface area contributed by atoms with E-state index in [0.717, 1.165) is 4.31 Å². The fourth-order valence-electron chi connectivity index (χ4n) is 2.05. The lowest BCUT2D eigenvalue weighted by Gasteiger charge is -2.37. The topological polar surface area (TPSA) is 70.1 Å². The number of ether oxygens (including phenoxy) is 1. The van der Waals surface area contributed by atoms with Gasteiger partial charge in [0.15, 0.2) is 0 Å². The molecule has 2 atom stereocenters. The number of aliphatic hydroxyl groups is 1. The summed E-state index contributed by atoms with van der Waals surface area (Å²) in [5, 5.41) is 8.82. The lowest BCUT2D eigenvalue weighted by atomic mass is 10.3. The Morgan fingerprint density at radius 1 is 1.37 bits per heavy atom. The molecule has 0 aromatic rings. The van der Waals surface area contributed by atoms with Gasteiger partial charge in [-0.3, -0.25) is 0 Å². The maximum Gasteiger partial charge on any atom is 0.282 e. The van der Waals surface area contributed by atoms with E-state index in [1.54, 1.807) is 13.8 Å². The molecule has 2 unspecified atom stereocenters. The van der Waals surface area contributed by atoms with Crippen molar-refractivity contribution >= 4 is 10.2 Å². The van der Waals surface area contributed by atoms with Gasteiger partial charge in [-0.05, 0) is 13.8 Å². The predicted molar refractivity (Wildman–Crippen MR) is 65.2 cm³/mol.